The summed E-state index contributed by atoms with van der Waals surface area (Å²) in [6.45, 7) is 6.96. The van der Waals surface area contributed by atoms with E-state index in [0.29, 0.717) is 18.1 Å². The van der Waals surface area contributed by atoms with Crippen molar-refractivity contribution in [3.8, 4) is 5.69 Å². The first-order valence-corrected chi connectivity index (χ1v) is 13.5. The van der Waals surface area contributed by atoms with Crippen LogP contribution in [0.3, 0.4) is 0 Å². The normalized spacial score (nSPS) is 16.9. The molecule has 1 saturated heterocycles. The first-order valence-electron chi connectivity index (χ1n) is 13.1. The highest BCUT2D eigenvalue weighted by molar-refractivity contribution is 7.80. The minimum atomic E-state index is -0.127. The number of aromatic nitrogens is 2. The number of rotatable bonds is 8. The van der Waals surface area contributed by atoms with E-state index in [1.165, 1.54) is 11.1 Å². The quantitative estimate of drug-likeness (QED) is 0.275. The molecule has 5 rings (SSSR count). The lowest BCUT2D eigenvalue weighted by Gasteiger charge is -2.28. The molecule has 1 aliphatic rings. The average Bonchev–Trinajstić information content (AvgIpc) is 3.42. The standard InChI is InChI=1S/C31H33N5OS/c1-4-23-13-15-25(16-14-23)36-21(2)20-26(22(36)3)30-29(27-12-8-9-18-32-27)34-31(38)35(30)19-17-28(37)33-24-10-6-5-7-11-24/h5-16,18,20,29-30H,4,17,19H2,1-3H3,(H,33,37)(H,34,38)/t29-,30-/m0/s1. The van der Waals surface area contributed by atoms with Gasteiger partial charge in [-0.1, -0.05) is 43.3 Å². The van der Waals surface area contributed by atoms with Crippen LogP contribution < -0.4 is 10.6 Å². The lowest BCUT2D eigenvalue weighted by atomic mass is 9.96. The van der Waals surface area contributed by atoms with E-state index in [4.69, 9.17) is 12.2 Å². The van der Waals surface area contributed by atoms with Crippen LogP contribution >= 0.6 is 12.2 Å². The van der Waals surface area contributed by atoms with E-state index in [1.807, 2.05) is 54.7 Å². The van der Waals surface area contributed by atoms with Crippen molar-refractivity contribution >= 4 is 28.9 Å². The molecule has 0 spiro atoms. The van der Waals surface area contributed by atoms with Crippen LogP contribution in [0, 0.1) is 13.8 Å². The van der Waals surface area contributed by atoms with Gasteiger partial charge in [0.25, 0.3) is 0 Å². The molecule has 1 fully saturated rings. The van der Waals surface area contributed by atoms with Gasteiger partial charge in [0.05, 0.1) is 17.8 Å². The maximum absolute atomic E-state index is 12.8. The van der Waals surface area contributed by atoms with E-state index in [-0.39, 0.29) is 18.0 Å². The highest BCUT2D eigenvalue weighted by Gasteiger charge is 2.41. The smallest absolute Gasteiger partial charge is 0.226 e. The number of anilines is 1. The molecular weight excluding hydrogens is 490 g/mol. The fraction of sp³-hybridized carbons (Fsp3) is 0.258. The maximum atomic E-state index is 12.8. The minimum Gasteiger partial charge on any atom is -0.352 e. The molecule has 0 radical (unpaired) electrons. The van der Waals surface area contributed by atoms with Gasteiger partial charge in [-0.15, -0.1) is 0 Å². The van der Waals surface area contributed by atoms with Crippen molar-refractivity contribution in [2.45, 2.75) is 45.7 Å². The van der Waals surface area contributed by atoms with Gasteiger partial charge in [0.15, 0.2) is 5.11 Å². The largest absolute Gasteiger partial charge is 0.352 e. The number of carbonyl (C=O) groups is 1. The van der Waals surface area contributed by atoms with Gasteiger partial charge in [-0.25, -0.2) is 0 Å². The summed E-state index contributed by atoms with van der Waals surface area (Å²) in [6.07, 6.45) is 3.14. The van der Waals surface area contributed by atoms with E-state index in [2.05, 4.69) is 76.2 Å². The van der Waals surface area contributed by atoms with Crippen LogP contribution in [-0.2, 0) is 11.2 Å². The Balaban J connectivity index is 1.47. The number of amides is 1. The SMILES string of the molecule is CCc1ccc(-n2c(C)cc([C@H]3[C@H](c4ccccn4)NC(=S)N3CCC(=O)Nc3ccccc3)c2C)cc1. The number of hydrogen-bond acceptors (Lipinski definition) is 3. The van der Waals surface area contributed by atoms with Crippen molar-refractivity contribution in [1.29, 1.82) is 0 Å². The van der Waals surface area contributed by atoms with Gasteiger partial charge in [-0.05, 0) is 86.1 Å². The van der Waals surface area contributed by atoms with Gasteiger partial charge in [-0.3, -0.25) is 9.78 Å². The second-order valence-corrected chi connectivity index (χ2v) is 10.1. The van der Waals surface area contributed by atoms with Crippen LogP contribution in [0.1, 0.15) is 53.6 Å². The lowest BCUT2D eigenvalue weighted by Crippen LogP contribution is -2.32. The molecule has 2 N–H and O–H groups in total. The van der Waals surface area contributed by atoms with Gasteiger partial charge in [0, 0.05) is 41.9 Å². The molecular formula is C31H33N5OS. The molecule has 6 nitrogen and oxygen atoms in total. The Labute approximate surface area is 229 Å². The summed E-state index contributed by atoms with van der Waals surface area (Å²) >= 11 is 5.83. The second kappa shape index (κ2) is 11.2. The predicted octanol–water partition coefficient (Wildman–Crippen LogP) is 6.05. The van der Waals surface area contributed by atoms with Crippen LogP contribution in [0.5, 0.6) is 0 Å². The first kappa shape index (κ1) is 25.7. The third kappa shape index (κ3) is 5.20. The zero-order valence-electron chi connectivity index (χ0n) is 22.0. The van der Waals surface area contributed by atoms with E-state index < -0.39 is 0 Å². The zero-order chi connectivity index (χ0) is 26.6. The monoisotopic (exact) mass is 523 g/mol. The maximum Gasteiger partial charge on any atom is 0.226 e. The van der Waals surface area contributed by atoms with Crippen LogP contribution in [-0.4, -0.2) is 32.0 Å². The summed E-state index contributed by atoms with van der Waals surface area (Å²) in [5.41, 5.74) is 7.66. The molecule has 0 saturated carbocycles. The van der Waals surface area contributed by atoms with Crippen LogP contribution in [0.15, 0.2) is 85.1 Å². The van der Waals surface area contributed by atoms with Gasteiger partial charge < -0.3 is 20.1 Å². The summed E-state index contributed by atoms with van der Waals surface area (Å²) < 4.78 is 2.30. The Kier molecular flexibility index (Phi) is 7.56. The Hall–Kier alpha value is -3.97. The molecule has 2 aromatic carbocycles. The Morgan fingerprint density at radius 2 is 1.76 bits per heavy atom. The zero-order valence-corrected chi connectivity index (χ0v) is 22.8. The molecule has 2 atom stereocenters. The number of thiocarbonyl (C=S) groups is 1. The summed E-state index contributed by atoms with van der Waals surface area (Å²) in [4.78, 5) is 19.6. The molecule has 194 valence electrons. The van der Waals surface area contributed by atoms with E-state index in [1.54, 1.807) is 0 Å². The summed E-state index contributed by atoms with van der Waals surface area (Å²) in [6, 6.07) is 26.2. The molecule has 0 unspecified atom stereocenters. The van der Waals surface area contributed by atoms with Crippen molar-refractivity contribution in [3.05, 3.63) is 113 Å². The van der Waals surface area contributed by atoms with Gasteiger partial charge in [0.1, 0.15) is 0 Å². The third-order valence-corrected chi connectivity index (χ3v) is 7.58. The Bertz CT molecular complexity index is 1420. The van der Waals surface area contributed by atoms with Crippen LogP contribution in [0.2, 0.25) is 0 Å². The number of hydrogen-bond donors (Lipinski definition) is 2. The van der Waals surface area contributed by atoms with E-state index in [0.717, 1.165) is 34.9 Å². The second-order valence-electron chi connectivity index (χ2n) is 9.67. The van der Waals surface area contributed by atoms with Gasteiger partial charge in [-0.2, -0.15) is 0 Å². The fourth-order valence-corrected chi connectivity index (χ4v) is 5.65. The summed E-state index contributed by atoms with van der Waals surface area (Å²) in [5.74, 6) is -0.0412. The third-order valence-electron chi connectivity index (χ3n) is 7.23. The molecule has 0 bridgehead atoms. The number of carbonyl (C=O) groups excluding carboxylic acids is 1. The number of benzene rings is 2. The average molecular weight is 524 g/mol. The van der Waals surface area contributed by atoms with Crippen molar-refractivity contribution in [3.63, 3.8) is 0 Å². The minimum absolute atomic E-state index is 0.0412. The number of nitrogens with one attached hydrogen (secondary N) is 2. The highest BCUT2D eigenvalue weighted by Crippen LogP contribution is 2.41. The molecule has 2 aromatic heterocycles. The fourth-order valence-electron chi connectivity index (χ4n) is 5.32. The number of pyridine rings is 1. The van der Waals surface area contributed by atoms with Crippen LogP contribution in [0.4, 0.5) is 5.69 Å². The topological polar surface area (TPSA) is 62.2 Å². The number of nitrogens with zero attached hydrogens (tertiary/aromatic N) is 3. The summed E-state index contributed by atoms with van der Waals surface area (Å²) in [7, 11) is 0. The molecule has 1 amide bonds. The number of aryl methyl sites for hydroxylation is 2. The molecule has 4 aromatic rings. The lowest BCUT2D eigenvalue weighted by molar-refractivity contribution is -0.116. The van der Waals surface area contributed by atoms with Crippen LogP contribution in [0.25, 0.3) is 5.69 Å². The van der Waals surface area contributed by atoms with Crippen molar-refractivity contribution < 1.29 is 4.79 Å². The van der Waals surface area contributed by atoms with Crippen molar-refractivity contribution in [1.82, 2.24) is 19.8 Å². The highest BCUT2D eigenvalue weighted by atomic mass is 32.1. The Morgan fingerprint density at radius 3 is 2.45 bits per heavy atom. The summed E-state index contributed by atoms with van der Waals surface area (Å²) in [5, 5.41) is 7.13. The van der Waals surface area contributed by atoms with Crippen molar-refractivity contribution in [2.75, 3.05) is 11.9 Å². The molecule has 1 aliphatic heterocycles. The predicted molar refractivity (Wildman–Crippen MR) is 156 cm³/mol. The molecule has 0 aliphatic carbocycles. The molecule has 7 heteroatoms. The van der Waals surface area contributed by atoms with Gasteiger partial charge >= 0.3 is 0 Å². The molecule has 38 heavy (non-hydrogen) atoms. The van der Waals surface area contributed by atoms with Crippen molar-refractivity contribution in [2.24, 2.45) is 0 Å². The Morgan fingerprint density at radius 1 is 1.03 bits per heavy atom. The van der Waals surface area contributed by atoms with Gasteiger partial charge in [0.2, 0.25) is 5.91 Å². The van der Waals surface area contributed by atoms with E-state index in [9.17, 15) is 4.79 Å². The molecule has 3 heterocycles. The number of para-hydroxylation sites is 1. The first-order chi connectivity index (χ1) is 18.5. The van der Waals surface area contributed by atoms with E-state index >= 15 is 0 Å².